The van der Waals surface area contributed by atoms with Crippen LogP contribution in [0.1, 0.15) is 27.1 Å². The van der Waals surface area contributed by atoms with Crippen LogP contribution >= 0.6 is 0 Å². The predicted octanol–water partition coefficient (Wildman–Crippen LogP) is 0.279. The lowest BCUT2D eigenvalue weighted by atomic mass is 9.89. The molecule has 18 nitrogen and oxygen atoms in total. The summed E-state index contributed by atoms with van der Waals surface area (Å²) >= 11 is 0. The van der Waals surface area contributed by atoms with Crippen LogP contribution in [0.2, 0.25) is 0 Å². The zero-order valence-corrected chi connectivity index (χ0v) is 26.9. The van der Waals surface area contributed by atoms with E-state index in [1.807, 2.05) is 0 Å². The number of hydrogen-bond donors (Lipinski definition) is 8. The molecular weight excluding hydrogens is 747 g/mol. The Kier molecular flexibility index (Phi) is 11.0. The highest BCUT2D eigenvalue weighted by molar-refractivity contribution is 7.90. The van der Waals surface area contributed by atoms with Crippen molar-refractivity contribution in [3.63, 3.8) is 0 Å². The molecule has 270 valence electrons. The van der Waals surface area contributed by atoms with Crippen LogP contribution in [0.15, 0.2) is 56.7 Å². The Morgan fingerprint density at radius 1 is 0.860 bits per heavy atom. The van der Waals surface area contributed by atoms with Crippen molar-refractivity contribution in [1.82, 2.24) is 4.72 Å². The first-order valence-corrected chi connectivity index (χ1v) is 17.5. The molecule has 0 radical (unpaired) electrons. The van der Waals surface area contributed by atoms with Crippen LogP contribution in [0, 0.1) is 0 Å². The Balaban J connectivity index is 0.000000872. The fourth-order valence-electron chi connectivity index (χ4n) is 4.44. The minimum absolute atomic E-state index is 0.128. The minimum Gasteiger partial charge on any atom is -0.478 e. The van der Waals surface area contributed by atoms with Crippen molar-refractivity contribution in [2.24, 2.45) is 0 Å². The number of nitrogens with two attached hydrogens (primary N) is 2. The number of rotatable bonds is 10. The maximum Gasteiger partial charge on any atom is 0.490 e. The summed E-state index contributed by atoms with van der Waals surface area (Å²) in [5.74, 6) is -7.26. The highest BCUT2D eigenvalue weighted by Gasteiger charge is 2.38. The molecule has 0 spiro atoms. The number of aliphatic carboxylic acids is 1. The second-order valence-corrected chi connectivity index (χ2v) is 14.5. The first-order valence-electron chi connectivity index (χ1n) is 13.0. The van der Waals surface area contributed by atoms with E-state index in [1.165, 1.54) is 12.1 Å². The van der Waals surface area contributed by atoms with Gasteiger partial charge < -0.3 is 25.5 Å². The van der Waals surface area contributed by atoms with Gasteiger partial charge in [-0.3, -0.25) is 14.5 Å². The van der Waals surface area contributed by atoms with E-state index in [4.69, 9.17) is 30.0 Å². The van der Waals surface area contributed by atoms with E-state index in [2.05, 4.69) is 4.72 Å². The maximum absolute atomic E-state index is 13.4. The fraction of sp³-hybridized carbons (Fsp3) is 0.154. The third-order valence-corrected chi connectivity index (χ3v) is 9.72. The van der Waals surface area contributed by atoms with Crippen LogP contribution in [0.5, 0.6) is 0 Å². The Morgan fingerprint density at radius 3 is 1.94 bits per heavy atom. The molecule has 2 aliphatic rings. The smallest absolute Gasteiger partial charge is 0.478 e. The molecule has 4 rings (SSSR count). The molecular formula is C26H23F3N3O15S3+. The molecule has 2 aromatic carbocycles. The summed E-state index contributed by atoms with van der Waals surface area (Å²) in [6.07, 6.45) is -5.44. The summed E-state index contributed by atoms with van der Waals surface area (Å²) < 4.78 is 132. The van der Waals surface area contributed by atoms with Crippen LogP contribution in [0.3, 0.4) is 0 Å². The molecule has 0 fully saturated rings. The summed E-state index contributed by atoms with van der Waals surface area (Å²) in [4.78, 5) is 31.0. The summed E-state index contributed by atoms with van der Waals surface area (Å²) in [6.45, 7) is -0.499. The number of anilines is 1. The van der Waals surface area contributed by atoms with Crippen molar-refractivity contribution in [3.8, 4) is 22.5 Å². The van der Waals surface area contributed by atoms with Crippen LogP contribution in [-0.2, 0) is 35.1 Å². The number of carboxylic acids is 3. The van der Waals surface area contributed by atoms with E-state index >= 15 is 0 Å². The molecule has 0 amide bonds. The molecule has 50 heavy (non-hydrogen) atoms. The monoisotopic (exact) mass is 770 g/mol. The normalized spacial score (nSPS) is 12.3. The molecule has 0 saturated heterocycles. The SMILES string of the molecule is Nc1ccc2c(-c3ccc(C(=O)O)cc3C(=O)O)c3ccc(=[NH2+])c(S(=O)(=O)O)c-3oc2c1S(=O)(=O)NCCCS(=O)(=O)O.O=C(O)C(F)(F)F. The number of hydrogen-bond acceptors (Lipinski definition) is 11. The molecule has 0 bridgehead atoms. The Morgan fingerprint density at radius 2 is 1.44 bits per heavy atom. The predicted molar refractivity (Wildman–Crippen MR) is 161 cm³/mol. The van der Waals surface area contributed by atoms with Gasteiger partial charge in [-0.2, -0.15) is 30.0 Å². The van der Waals surface area contributed by atoms with Gasteiger partial charge in [0.1, 0.15) is 4.90 Å². The van der Waals surface area contributed by atoms with Gasteiger partial charge in [-0.15, -0.1) is 0 Å². The molecule has 10 N–H and O–H groups in total. The van der Waals surface area contributed by atoms with Gasteiger partial charge in [-0.25, -0.2) is 27.5 Å². The second kappa shape index (κ2) is 14.0. The van der Waals surface area contributed by atoms with Gasteiger partial charge >= 0.3 is 34.2 Å². The highest BCUT2D eigenvalue weighted by Crippen LogP contribution is 2.45. The van der Waals surface area contributed by atoms with E-state index in [0.717, 1.165) is 30.3 Å². The van der Waals surface area contributed by atoms with Gasteiger partial charge in [0.15, 0.2) is 11.3 Å². The zero-order valence-electron chi connectivity index (χ0n) is 24.5. The molecule has 2 aromatic rings. The lowest BCUT2D eigenvalue weighted by molar-refractivity contribution is -0.192. The molecule has 1 aliphatic heterocycles. The van der Waals surface area contributed by atoms with Crippen molar-refractivity contribution in [1.29, 1.82) is 0 Å². The number of fused-ring (bicyclic) bond motifs is 2. The van der Waals surface area contributed by atoms with Gasteiger partial charge in [-0.1, -0.05) is 6.07 Å². The van der Waals surface area contributed by atoms with Crippen LogP contribution in [0.25, 0.3) is 33.4 Å². The number of carboxylic acid groups (broad SMARTS) is 3. The fourth-order valence-corrected chi connectivity index (χ4v) is 7.03. The van der Waals surface area contributed by atoms with Crippen molar-refractivity contribution in [3.05, 3.63) is 58.9 Å². The van der Waals surface area contributed by atoms with Gasteiger partial charge in [-0.05, 0) is 42.3 Å². The highest BCUT2D eigenvalue weighted by atomic mass is 32.2. The minimum atomic E-state index is -5.15. The molecule has 0 saturated carbocycles. The summed E-state index contributed by atoms with van der Waals surface area (Å²) in [6, 6.07) is 7.71. The van der Waals surface area contributed by atoms with E-state index in [1.54, 1.807) is 0 Å². The number of aromatic carboxylic acids is 2. The van der Waals surface area contributed by atoms with Crippen molar-refractivity contribution in [2.45, 2.75) is 22.4 Å². The molecule has 1 heterocycles. The van der Waals surface area contributed by atoms with Crippen LogP contribution in [-0.4, -0.2) is 86.1 Å². The van der Waals surface area contributed by atoms with E-state index in [0.29, 0.717) is 0 Å². The molecule has 0 aromatic heterocycles. The van der Waals surface area contributed by atoms with Crippen molar-refractivity contribution in [2.75, 3.05) is 18.0 Å². The van der Waals surface area contributed by atoms with Crippen molar-refractivity contribution >= 4 is 64.8 Å². The second-order valence-electron chi connectivity index (χ2n) is 9.88. The number of benzene rings is 3. The quantitative estimate of drug-likeness (QED) is 0.0464. The Bertz CT molecular complexity index is 2410. The largest absolute Gasteiger partial charge is 0.490 e. The zero-order chi connectivity index (χ0) is 38.1. The van der Waals surface area contributed by atoms with E-state index < -0.39 is 110 Å². The molecule has 24 heteroatoms. The van der Waals surface area contributed by atoms with Gasteiger partial charge in [0, 0.05) is 29.1 Å². The topological polar surface area (TPSA) is 332 Å². The third kappa shape index (κ3) is 8.71. The Labute approximate surface area is 278 Å². The average Bonchev–Trinajstić information content (AvgIpc) is 2.96. The molecule has 1 aliphatic carbocycles. The third-order valence-electron chi connectivity index (χ3n) is 6.43. The van der Waals surface area contributed by atoms with Gasteiger partial charge in [0.2, 0.25) is 20.3 Å². The van der Waals surface area contributed by atoms with Crippen LogP contribution in [0.4, 0.5) is 18.9 Å². The van der Waals surface area contributed by atoms with Gasteiger partial charge in [0.25, 0.3) is 10.1 Å². The summed E-state index contributed by atoms with van der Waals surface area (Å²) in [7, 11) is -14.2. The molecule has 0 unspecified atom stereocenters. The van der Waals surface area contributed by atoms with E-state index in [-0.39, 0.29) is 28.5 Å². The number of nitrogens with one attached hydrogen (secondary N) is 1. The number of sulfonamides is 1. The summed E-state index contributed by atoms with van der Waals surface area (Å²) in [5.41, 5.74) is 3.50. The van der Waals surface area contributed by atoms with Crippen molar-refractivity contribution < 1.29 is 87.1 Å². The summed E-state index contributed by atoms with van der Waals surface area (Å²) in [5, 5.41) is 31.7. The number of nitrogen functional groups attached to an aromatic ring is 1. The Hall–Kier alpha value is -5.14. The first-order chi connectivity index (χ1) is 22.8. The maximum atomic E-state index is 13.4. The number of alkyl halides is 3. The lowest BCUT2D eigenvalue weighted by Gasteiger charge is -2.20. The average molecular weight is 771 g/mol. The number of halogens is 3. The first kappa shape index (κ1) is 39.3. The van der Waals surface area contributed by atoms with E-state index in [9.17, 15) is 62.8 Å². The number of carbonyl (C=O) groups is 3. The van der Waals surface area contributed by atoms with Gasteiger partial charge in [0.05, 0.1) is 22.6 Å². The lowest BCUT2D eigenvalue weighted by Crippen LogP contribution is -2.47. The van der Waals surface area contributed by atoms with Crippen LogP contribution < -0.4 is 21.2 Å². The standard InChI is InChI=1S/C24H21N3O13S3.C2HF3O2/c25-16-6-4-13-18(12-3-2-11(23(28)29)10-15(12)24(30)31)14-5-7-17(26)22(43(37,38)39)20(14)40-19(13)21(16)42(35,36)27-8-1-9-41(32,33)34;3-2(4,5)1(6)7/h2-7,10,26-27H,1,8-9,25H2,(H,28,29)(H,30,31)(H,32,33,34)(H,37,38,39);(H,6,7)/p+1. The molecule has 0 atom stereocenters.